The Labute approximate surface area is 227 Å². The molecule has 202 valence electrons. The Hall–Kier alpha value is -3.69. The Morgan fingerprint density at radius 1 is 1.21 bits per heavy atom. The number of aromatic nitrogens is 3. The molecule has 0 unspecified atom stereocenters. The minimum atomic E-state index is -3.33. The lowest BCUT2D eigenvalue weighted by molar-refractivity contribution is 0.587. The molecule has 9 heteroatoms. The standard InChI is InChI=1S/C29H32N6O2S.3H2/c1-18(2)38(36,37)24-7-4-21(5-8-24)26-14-31-29-28(33-26)27(15-32-29)35-17-22-12-23(6-9-25(22)19(35)3)34-11-10-20(13-30)16-34;;;/h4-9,12,14-15,18,20H,3,10-11,13,16-17,30H2,1-2H3,(H,31,32);3*1H/t20-;;;/m1.../s1. The topological polar surface area (TPSA) is 108 Å². The molecule has 2 aromatic carbocycles. The lowest BCUT2D eigenvalue weighted by atomic mass is 10.1. The summed E-state index contributed by atoms with van der Waals surface area (Å²) in [6, 6.07) is 13.5. The zero-order chi connectivity index (χ0) is 26.6. The zero-order valence-corrected chi connectivity index (χ0v) is 22.5. The average molecular weight is 535 g/mol. The summed E-state index contributed by atoms with van der Waals surface area (Å²) < 4.78 is 25.0. The largest absolute Gasteiger partial charge is 0.371 e. The molecule has 1 fully saturated rings. The Morgan fingerprint density at radius 2 is 2.00 bits per heavy atom. The summed E-state index contributed by atoms with van der Waals surface area (Å²) in [5, 5.41) is -0.473. The van der Waals surface area contributed by atoms with Gasteiger partial charge in [0.15, 0.2) is 15.5 Å². The third kappa shape index (κ3) is 4.06. The fraction of sp³-hybridized carbons (Fsp3) is 0.310. The van der Waals surface area contributed by atoms with Crippen LogP contribution < -0.4 is 15.5 Å². The van der Waals surface area contributed by atoms with Crippen LogP contribution in [-0.2, 0) is 16.4 Å². The highest BCUT2D eigenvalue weighted by Gasteiger charge is 2.28. The molecule has 0 spiro atoms. The molecule has 3 N–H and O–H groups in total. The molecule has 0 aliphatic carbocycles. The third-order valence-corrected chi connectivity index (χ3v) is 9.96. The number of fused-ring (bicyclic) bond motifs is 2. The zero-order valence-electron chi connectivity index (χ0n) is 21.7. The summed E-state index contributed by atoms with van der Waals surface area (Å²) in [7, 11) is -3.33. The van der Waals surface area contributed by atoms with Crippen LogP contribution in [0.25, 0.3) is 28.1 Å². The number of nitrogens with zero attached hydrogens (tertiary/aromatic N) is 4. The number of H-pyrrole nitrogens is 1. The van der Waals surface area contributed by atoms with Gasteiger partial charge in [-0.1, -0.05) is 24.8 Å². The van der Waals surface area contributed by atoms with Crippen LogP contribution in [0.3, 0.4) is 0 Å². The van der Waals surface area contributed by atoms with Gasteiger partial charge in [-0.15, -0.1) is 0 Å². The number of benzene rings is 2. The molecule has 38 heavy (non-hydrogen) atoms. The van der Waals surface area contributed by atoms with Crippen LogP contribution in [0.5, 0.6) is 0 Å². The number of hydrogen-bond donors (Lipinski definition) is 2. The van der Waals surface area contributed by atoms with E-state index in [0.717, 1.165) is 54.1 Å². The monoisotopic (exact) mass is 534 g/mol. The molecule has 6 rings (SSSR count). The van der Waals surface area contributed by atoms with Gasteiger partial charge in [0.05, 0.1) is 27.7 Å². The molecule has 2 aliphatic heterocycles. The Kier molecular flexibility index (Phi) is 6.00. The van der Waals surface area contributed by atoms with Crippen LogP contribution in [0, 0.1) is 5.92 Å². The van der Waals surface area contributed by atoms with Gasteiger partial charge in [0, 0.05) is 52.6 Å². The molecule has 2 aromatic heterocycles. The summed E-state index contributed by atoms with van der Waals surface area (Å²) >= 11 is 0. The van der Waals surface area contributed by atoms with Crippen molar-refractivity contribution in [1.82, 2.24) is 15.0 Å². The Morgan fingerprint density at radius 3 is 2.71 bits per heavy atom. The van der Waals surface area contributed by atoms with Gasteiger partial charge in [0.1, 0.15) is 5.52 Å². The van der Waals surface area contributed by atoms with Crippen molar-refractivity contribution in [2.24, 2.45) is 11.7 Å². The molecule has 1 atom stereocenters. The first kappa shape index (κ1) is 24.6. The summed E-state index contributed by atoms with van der Waals surface area (Å²) in [6.07, 6.45) is 4.77. The Balaban J connectivity index is 0.00000154. The summed E-state index contributed by atoms with van der Waals surface area (Å²) in [5.41, 5.74) is 14.3. The van der Waals surface area contributed by atoms with Gasteiger partial charge in [0.25, 0.3) is 0 Å². The van der Waals surface area contributed by atoms with E-state index in [1.54, 1.807) is 44.3 Å². The number of nitrogens with one attached hydrogen (secondary N) is 1. The van der Waals surface area contributed by atoms with Crippen LogP contribution in [0.2, 0.25) is 0 Å². The minimum absolute atomic E-state index is 0. The highest BCUT2D eigenvalue weighted by atomic mass is 32.2. The maximum absolute atomic E-state index is 12.5. The van der Waals surface area contributed by atoms with Gasteiger partial charge in [-0.05, 0) is 62.6 Å². The molecular weight excluding hydrogens is 496 g/mol. The third-order valence-electron chi connectivity index (χ3n) is 7.79. The van der Waals surface area contributed by atoms with E-state index >= 15 is 0 Å². The van der Waals surface area contributed by atoms with Gasteiger partial charge >= 0.3 is 0 Å². The van der Waals surface area contributed by atoms with E-state index < -0.39 is 15.1 Å². The number of nitrogens with two attached hydrogens (primary N) is 1. The second-order valence-electron chi connectivity index (χ2n) is 10.5. The number of sulfone groups is 1. The predicted molar refractivity (Wildman–Crippen MR) is 159 cm³/mol. The van der Waals surface area contributed by atoms with Crippen LogP contribution in [0.15, 0.2) is 66.3 Å². The molecule has 0 saturated carbocycles. The molecule has 1 saturated heterocycles. The highest BCUT2D eigenvalue weighted by molar-refractivity contribution is 7.92. The van der Waals surface area contributed by atoms with Crippen LogP contribution in [-0.4, -0.2) is 48.3 Å². The molecular formula is C29H38N6O2S. The summed E-state index contributed by atoms with van der Waals surface area (Å²) in [6.45, 7) is 11.2. The smallest absolute Gasteiger partial charge is 0.180 e. The number of hydrogen-bond acceptors (Lipinski definition) is 7. The number of aromatic amines is 1. The van der Waals surface area contributed by atoms with Gasteiger partial charge in [-0.3, -0.25) is 0 Å². The molecule has 4 heterocycles. The van der Waals surface area contributed by atoms with E-state index in [-0.39, 0.29) is 4.28 Å². The Bertz CT molecular complexity index is 1660. The van der Waals surface area contributed by atoms with Crippen molar-refractivity contribution < 1.29 is 12.7 Å². The van der Waals surface area contributed by atoms with E-state index in [2.05, 4.69) is 44.5 Å². The van der Waals surface area contributed by atoms with Crippen molar-refractivity contribution >= 4 is 38.1 Å². The molecule has 0 radical (unpaired) electrons. The SMILES string of the molecule is C=C1c2ccc(N3CC[C@H](CN)C3)cc2CN1c1c[nH]c2ncc(-c3ccc(S(=O)(=O)C(C)C)cc3)nc12.[HH].[HH].[HH]. The van der Waals surface area contributed by atoms with E-state index in [9.17, 15) is 8.42 Å². The first-order chi connectivity index (χ1) is 18.3. The van der Waals surface area contributed by atoms with Crippen molar-refractivity contribution in [3.63, 3.8) is 0 Å². The quantitative estimate of drug-likeness (QED) is 0.345. The molecule has 0 bridgehead atoms. The van der Waals surface area contributed by atoms with Crippen LogP contribution >= 0.6 is 0 Å². The van der Waals surface area contributed by atoms with Crippen molar-refractivity contribution in [2.45, 2.75) is 37.0 Å². The van der Waals surface area contributed by atoms with Crippen molar-refractivity contribution in [2.75, 3.05) is 29.4 Å². The maximum Gasteiger partial charge on any atom is 0.180 e. The van der Waals surface area contributed by atoms with Crippen LogP contribution in [0.1, 0.15) is 35.7 Å². The second kappa shape index (κ2) is 9.25. The second-order valence-corrected chi connectivity index (χ2v) is 13.0. The van der Waals surface area contributed by atoms with E-state index in [1.807, 2.05) is 6.20 Å². The lowest BCUT2D eigenvalue weighted by Gasteiger charge is -2.19. The van der Waals surface area contributed by atoms with E-state index in [4.69, 9.17) is 10.7 Å². The maximum atomic E-state index is 12.5. The lowest BCUT2D eigenvalue weighted by Crippen LogP contribution is -2.22. The number of anilines is 2. The molecule has 4 aromatic rings. The number of rotatable bonds is 6. The summed E-state index contributed by atoms with van der Waals surface area (Å²) in [5.74, 6) is 0.560. The van der Waals surface area contributed by atoms with E-state index in [1.165, 1.54) is 11.3 Å². The fourth-order valence-electron chi connectivity index (χ4n) is 5.40. The molecule has 0 amide bonds. The normalized spacial score (nSPS) is 17.7. The highest BCUT2D eigenvalue weighted by Crippen LogP contribution is 2.40. The minimum Gasteiger partial charge on any atom is -0.371 e. The van der Waals surface area contributed by atoms with Crippen molar-refractivity contribution in [1.29, 1.82) is 0 Å². The van der Waals surface area contributed by atoms with Crippen LogP contribution in [0.4, 0.5) is 11.4 Å². The first-order valence-corrected chi connectivity index (χ1v) is 14.5. The van der Waals surface area contributed by atoms with Gasteiger partial charge in [-0.25, -0.2) is 18.4 Å². The van der Waals surface area contributed by atoms with Crippen molar-refractivity contribution in [3.05, 3.63) is 72.6 Å². The predicted octanol–water partition coefficient (Wildman–Crippen LogP) is 5.32. The average Bonchev–Trinajstić information content (AvgIpc) is 3.65. The van der Waals surface area contributed by atoms with Gasteiger partial charge in [-0.2, -0.15) is 0 Å². The molecule has 8 nitrogen and oxygen atoms in total. The fourth-order valence-corrected chi connectivity index (χ4v) is 6.46. The molecule has 2 aliphatic rings. The first-order valence-electron chi connectivity index (χ1n) is 13.0. The van der Waals surface area contributed by atoms with Crippen molar-refractivity contribution in [3.8, 4) is 11.3 Å². The van der Waals surface area contributed by atoms with Gasteiger partial charge < -0.3 is 20.5 Å². The summed E-state index contributed by atoms with van der Waals surface area (Å²) in [4.78, 5) is 17.7. The van der Waals surface area contributed by atoms with Gasteiger partial charge in [0.2, 0.25) is 0 Å². The van der Waals surface area contributed by atoms with E-state index in [0.29, 0.717) is 28.7 Å².